The van der Waals surface area contributed by atoms with E-state index in [-0.39, 0.29) is 0 Å². The Kier molecular flexibility index (Phi) is 8.45. The monoisotopic (exact) mass is 582 g/mol. The second-order valence-electron chi connectivity index (χ2n) is 11.4. The van der Waals surface area contributed by atoms with Gasteiger partial charge in [-0.2, -0.15) is 0 Å². The van der Waals surface area contributed by atoms with E-state index in [4.69, 9.17) is 21.2 Å². The molecular formula is C34H35ClN4O3. The highest BCUT2D eigenvalue weighted by molar-refractivity contribution is 6.31. The first-order chi connectivity index (χ1) is 20.1. The molecule has 1 unspecified atom stereocenters. The van der Waals surface area contributed by atoms with Gasteiger partial charge in [0.1, 0.15) is 17.1 Å². The van der Waals surface area contributed by atoms with Crippen molar-refractivity contribution in [3.8, 4) is 0 Å². The first-order valence-corrected chi connectivity index (χ1v) is 14.3. The lowest BCUT2D eigenvalue weighted by molar-refractivity contribution is -0.156. The van der Waals surface area contributed by atoms with Crippen LogP contribution >= 0.6 is 11.6 Å². The molecule has 0 aliphatic carbocycles. The number of carbonyl (C=O) groups is 1. The Bertz CT molecular complexity index is 1660. The normalized spacial score (nSPS) is 14.7. The number of rotatable bonds is 9. The third-order valence-corrected chi connectivity index (χ3v) is 7.43. The van der Waals surface area contributed by atoms with Crippen molar-refractivity contribution in [2.75, 3.05) is 0 Å². The van der Waals surface area contributed by atoms with Gasteiger partial charge in [-0.25, -0.2) is 4.79 Å². The van der Waals surface area contributed by atoms with Crippen LogP contribution in [0.15, 0.2) is 103 Å². The molecule has 216 valence electrons. The maximum atomic E-state index is 14.2. The number of nitrogens with one attached hydrogen (secondary N) is 1. The molecule has 4 aromatic carbocycles. The van der Waals surface area contributed by atoms with Crippen LogP contribution in [0.4, 0.5) is 0 Å². The predicted molar refractivity (Wildman–Crippen MR) is 165 cm³/mol. The summed E-state index contributed by atoms with van der Waals surface area (Å²) in [6.45, 7) is 9.76. The van der Waals surface area contributed by atoms with Crippen LogP contribution in [0.5, 0.6) is 0 Å². The molecule has 1 heterocycles. The molecule has 0 saturated carbocycles. The smallest absolute Gasteiger partial charge is 0.354 e. The average molecular weight is 583 g/mol. The van der Waals surface area contributed by atoms with E-state index in [1.807, 2.05) is 107 Å². The second-order valence-corrected chi connectivity index (χ2v) is 11.8. The first-order valence-electron chi connectivity index (χ1n) is 13.9. The number of hydrogen-bond donors (Lipinski definition) is 1. The van der Waals surface area contributed by atoms with Gasteiger partial charge in [-0.1, -0.05) is 107 Å². The molecule has 0 fully saturated rings. The SMILES string of the molecule is Cc1ccc(C(N[C@H](C(=O)On2nnc3ccccc32)[C@@H](C)OC(C)(C)C)(c2ccccc2)c2ccccc2Cl)cc1. The number of ether oxygens (including phenoxy) is 1. The Labute approximate surface area is 251 Å². The van der Waals surface area contributed by atoms with Crippen LogP contribution in [0, 0.1) is 6.92 Å². The summed E-state index contributed by atoms with van der Waals surface area (Å²) in [5.41, 5.74) is 3.29. The van der Waals surface area contributed by atoms with Crippen molar-refractivity contribution in [2.24, 2.45) is 0 Å². The van der Waals surface area contributed by atoms with Crippen molar-refractivity contribution in [1.29, 1.82) is 0 Å². The number of fused-ring (bicyclic) bond motifs is 1. The molecule has 3 atom stereocenters. The molecule has 7 nitrogen and oxygen atoms in total. The molecule has 0 spiro atoms. The minimum atomic E-state index is -1.06. The van der Waals surface area contributed by atoms with Gasteiger partial charge in [-0.3, -0.25) is 5.32 Å². The minimum absolute atomic E-state index is 0.538. The van der Waals surface area contributed by atoms with E-state index in [0.29, 0.717) is 16.1 Å². The van der Waals surface area contributed by atoms with Crippen LogP contribution in [0.25, 0.3) is 11.0 Å². The zero-order valence-electron chi connectivity index (χ0n) is 24.4. The Morgan fingerprint density at radius 2 is 1.48 bits per heavy atom. The number of para-hydroxylation sites is 1. The highest BCUT2D eigenvalue weighted by atomic mass is 35.5. The molecule has 0 aliphatic heterocycles. The van der Waals surface area contributed by atoms with E-state index in [9.17, 15) is 4.79 Å². The third-order valence-electron chi connectivity index (χ3n) is 7.10. The van der Waals surface area contributed by atoms with Gasteiger partial charge in [0, 0.05) is 5.02 Å². The Balaban J connectivity index is 1.70. The maximum absolute atomic E-state index is 14.2. The molecule has 1 N–H and O–H groups in total. The van der Waals surface area contributed by atoms with Crippen molar-refractivity contribution in [2.45, 2.75) is 57.9 Å². The molecule has 0 aliphatic rings. The van der Waals surface area contributed by atoms with E-state index < -0.39 is 29.3 Å². The predicted octanol–water partition coefficient (Wildman–Crippen LogP) is 6.50. The second kappa shape index (κ2) is 12.1. The number of aryl methyl sites for hydroxylation is 1. The Hall–Kier alpha value is -4.04. The largest absolute Gasteiger partial charge is 0.371 e. The van der Waals surface area contributed by atoms with Gasteiger partial charge in [0.15, 0.2) is 0 Å². The summed E-state index contributed by atoms with van der Waals surface area (Å²) in [5, 5.41) is 12.5. The fourth-order valence-corrected chi connectivity index (χ4v) is 5.54. The van der Waals surface area contributed by atoms with Crippen LogP contribution in [-0.2, 0) is 15.1 Å². The summed E-state index contributed by atoms with van der Waals surface area (Å²) in [7, 11) is 0. The third kappa shape index (κ3) is 6.09. The summed E-state index contributed by atoms with van der Waals surface area (Å²) in [6, 6.07) is 32.2. The van der Waals surface area contributed by atoms with Gasteiger partial charge < -0.3 is 9.57 Å². The summed E-state index contributed by atoms with van der Waals surface area (Å²) in [4.78, 5) is 21.3. The van der Waals surface area contributed by atoms with Crippen molar-refractivity contribution in [1.82, 2.24) is 20.5 Å². The highest BCUT2D eigenvalue weighted by Gasteiger charge is 2.44. The molecule has 0 bridgehead atoms. The number of benzene rings is 4. The van der Waals surface area contributed by atoms with Gasteiger partial charge in [0.2, 0.25) is 0 Å². The lowest BCUT2D eigenvalue weighted by Crippen LogP contribution is -2.59. The molecule has 0 saturated heterocycles. The summed E-state index contributed by atoms with van der Waals surface area (Å²) < 4.78 is 6.39. The van der Waals surface area contributed by atoms with Gasteiger partial charge in [-0.15, -0.1) is 5.10 Å². The molecule has 42 heavy (non-hydrogen) atoms. The number of halogens is 1. The Morgan fingerprint density at radius 1 is 0.857 bits per heavy atom. The van der Waals surface area contributed by atoms with Crippen molar-refractivity contribution >= 4 is 28.6 Å². The standard InChI is InChI=1S/C34H35ClN4O3/c1-23-19-21-26(22-20-23)34(25-13-7-6-8-14-25,27-15-9-10-16-28(27)35)36-31(24(2)41-33(3,4)5)32(40)42-39-30-18-12-11-17-29(30)37-38-39/h6-22,24,31,36H,1-5H3/t24-,31+,34?/m1/s1. The first kappa shape index (κ1) is 29.5. The van der Waals surface area contributed by atoms with Gasteiger partial charge in [0.25, 0.3) is 0 Å². The minimum Gasteiger partial charge on any atom is -0.371 e. The lowest BCUT2D eigenvalue weighted by Gasteiger charge is -2.42. The van der Waals surface area contributed by atoms with Gasteiger partial charge >= 0.3 is 5.97 Å². The van der Waals surface area contributed by atoms with Crippen molar-refractivity contribution in [3.05, 3.63) is 130 Å². The number of carbonyl (C=O) groups excluding carboxylic acids is 1. The highest BCUT2D eigenvalue weighted by Crippen LogP contribution is 2.41. The van der Waals surface area contributed by atoms with E-state index in [1.165, 1.54) is 0 Å². The quantitative estimate of drug-likeness (QED) is 0.158. The van der Waals surface area contributed by atoms with Crippen molar-refractivity contribution in [3.63, 3.8) is 0 Å². The fourth-order valence-electron chi connectivity index (χ4n) is 5.26. The van der Waals surface area contributed by atoms with Gasteiger partial charge in [-0.05, 0) is 74.7 Å². The van der Waals surface area contributed by atoms with E-state index >= 15 is 0 Å². The Morgan fingerprint density at radius 3 is 2.17 bits per heavy atom. The molecule has 0 amide bonds. The van der Waals surface area contributed by atoms with Crippen LogP contribution in [0.3, 0.4) is 0 Å². The number of hydrogen-bond acceptors (Lipinski definition) is 6. The molecule has 5 aromatic rings. The zero-order chi connectivity index (χ0) is 29.9. The van der Waals surface area contributed by atoms with Crippen LogP contribution < -0.4 is 10.2 Å². The topological polar surface area (TPSA) is 78.3 Å². The number of aromatic nitrogens is 3. The summed E-state index contributed by atoms with van der Waals surface area (Å²) in [6.07, 6.45) is -0.622. The van der Waals surface area contributed by atoms with E-state index in [1.54, 1.807) is 6.07 Å². The van der Waals surface area contributed by atoms with E-state index in [2.05, 4.69) is 39.9 Å². The van der Waals surface area contributed by atoms with Crippen molar-refractivity contribution < 1.29 is 14.4 Å². The van der Waals surface area contributed by atoms with Crippen LogP contribution in [-0.4, -0.2) is 38.9 Å². The maximum Gasteiger partial charge on any atom is 0.354 e. The summed E-state index contributed by atoms with van der Waals surface area (Å²) >= 11 is 6.96. The van der Waals surface area contributed by atoms with Crippen LogP contribution in [0.2, 0.25) is 5.02 Å². The molecule has 8 heteroatoms. The zero-order valence-corrected chi connectivity index (χ0v) is 25.2. The van der Waals surface area contributed by atoms with Crippen LogP contribution in [0.1, 0.15) is 49.9 Å². The molecule has 5 rings (SSSR count). The lowest BCUT2D eigenvalue weighted by atomic mass is 9.76. The summed E-state index contributed by atoms with van der Waals surface area (Å²) in [5.74, 6) is -0.582. The molecule has 0 radical (unpaired) electrons. The molecule has 1 aromatic heterocycles. The fraction of sp³-hybridized carbons (Fsp3) is 0.265. The number of nitrogens with zero attached hydrogens (tertiary/aromatic N) is 3. The average Bonchev–Trinajstić information content (AvgIpc) is 3.37. The van der Waals surface area contributed by atoms with Gasteiger partial charge in [0.05, 0.1) is 17.2 Å². The molecular weight excluding hydrogens is 548 g/mol. The van der Waals surface area contributed by atoms with E-state index in [0.717, 1.165) is 27.1 Å².